The van der Waals surface area contributed by atoms with Crippen molar-refractivity contribution in [3.63, 3.8) is 0 Å². The van der Waals surface area contributed by atoms with Crippen molar-refractivity contribution in [2.45, 2.75) is 73.3 Å². The van der Waals surface area contributed by atoms with Crippen molar-refractivity contribution in [1.82, 2.24) is 5.32 Å². The van der Waals surface area contributed by atoms with Crippen LogP contribution in [-0.2, 0) is 0 Å². The van der Waals surface area contributed by atoms with Crippen molar-refractivity contribution in [3.05, 3.63) is 12.2 Å². The Morgan fingerprint density at radius 3 is 2.29 bits per heavy atom. The average molecular weight is 239 g/mol. The Morgan fingerprint density at radius 1 is 1.29 bits per heavy atom. The van der Waals surface area contributed by atoms with Crippen LogP contribution in [0.5, 0.6) is 0 Å². The van der Waals surface area contributed by atoms with Gasteiger partial charge in [-0.3, -0.25) is 0 Å². The molecule has 0 aliphatic rings. The molecule has 0 saturated heterocycles. The van der Waals surface area contributed by atoms with E-state index in [2.05, 4.69) is 53.4 Å². The summed E-state index contributed by atoms with van der Waals surface area (Å²) >= 11 is 0. The van der Waals surface area contributed by atoms with Crippen molar-refractivity contribution in [1.29, 1.82) is 0 Å². The second-order valence-electron chi connectivity index (χ2n) is 6.86. The first-order valence-electron chi connectivity index (χ1n) is 7.12. The van der Waals surface area contributed by atoms with Gasteiger partial charge in [0.25, 0.3) is 0 Å². The molecule has 0 bridgehead atoms. The summed E-state index contributed by atoms with van der Waals surface area (Å²) in [6.45, 7) is 18.8. The van der Waals surface area contributed by atoms with Gasteiger partial charge in [0.15, 0.2) is 0 Å². The summed E-state index contributed by atoms with van der Waals surface area (Å²) < 4.78 is 0. The maximum atomic E-state index is 4.00. The van der Waals surface area contributed by atoms with Gasteiger partial charge in [0, 0.05) is 6.04 Å². The maximum Gasteiger partial charge on any atom is 0.00725 e. The van der Waals surface area contributed by atoms with Gasteiger partial charge in [-0.25, -0.2) is 0 Å². The Labute approximate surface area is 109 Å². The molecule has 102 valence electrons. The van der Waals surface area contributed by atoms with Crippen LogP contribution >= 0.6 is 0 Å². The van der Waals surface area contributed by atoms with E-state index in [1.807, 2.05) is 0 Å². The van der Waals surface area contributed by atoms with Gasteiger partial charge in [-0.2, -0.15) is 0 Å². The van der Waals surface area contributed by atoms with E-state index in [0.29, 0.717) is 11.5 Å². The molecule has 0 saturated carbocycles. The lowest BCUT2D eigenvalue weighted by Crippen LogP contribution is -2.31. The monoisotopic (exact) mass is 239 g/mol. The third-order valence-corrected chi connectivity index (χ3v) is 3.06. The molecule has 0 aliphatic carbocycles. The molecule has 1 heteroatoms. The van der Waals surface area contributed by atoms with Crippen LogP contribution in [0.15, 0.2) is 12.2 Å². The minimum Gasteiger partial charge on any atom is -0.314 e. The normalized spacial score (nSPS) is 15.6. The number of rotatable bonds is 8. The van der Waals surface area contributed by atoms with E-state index in [-0.39, 0.29) is 0 Å². The fourth-order valence-electron chi connectivity index (χ4n) is 2.63. The van der Waals surface area contributed by atoms with Gasteiger partial charge in [-0.1, -0.05) is 40.2 Å². The Balaban J connectivity index is 4.09. The van der Waals surface area contributed by atoms with E-state index < -0.39 is 0 Å². The second kappa shape index (κ2) is 7.92. The summed E-state index contributed by atoms with van der Waals surface area (Å²) in [7, 11) is 0. The van der Waals surface area contributed by atoms with Gasteiger partial charge in [0.1, 0.15) is 0 Å². The SMILES string of the molecule is C=C(C)CCC(CC(C)CC(C)(C)C)NCC. The average Bonchev–Trinajstić information content (AvgIpc) is 2.11. The quantitative estimate of drug-likeness (QED) is 0.601. The van der Waals surface area contributed by atoms with E-state index in [1.165, 1.54) is 24.8 Å². The second-order valence-corrected chi connectivity index (χ2v) is 6.86. The molecule has 2 unspecified atom stereocenters. The Kier molecular flexibility index (Phi) is 7.78. The highest BCUT2D eigenvalue weighted by Gasteiger charge is 2.18. The van der Waals surface area contributed by atoms with E-state index in [0.717, 1.165) is 18.9 Å². The van der Waals surface area contributed by atoms with Gasteiger partial charge in [0.2, 0.25) is 0 Å². The Morgan fingerprint density at radius 2 is 1.88 bits per heavy atom. The Bertz CT molecular complexity index is 212. The molecular formula is C16H33N. The van der Waals surface area contributed by atoms with Crippen molar-refractivity contribution in [2.75, 3.05) is 6.54 Å². The molecule has 0 fully saturated rings. The highest BCUT2D eigenvalue weighted by atomic mass is 14.9. The standard InChI is InChI=1S/C16H33N/c1-8-17-15(10-9-13(2)3)11-14(4)12-16(5,6)7/h14-15,17H,2,8-12H2,1,3-7H3. The van der Waals surface area contributed by atoms with Crippen LogP contribution in [0.3, 0.4) is 0 Å². The van der Waals surface area contributed by atoms with Gasteiger partial charge < -0.3 is 5.32 Å². The zero-order valence-electron chi connectivity index (χ0n) is 12.9. The molecule has 0 spiro atoms. The fourth-order valence-corrected chi connectivity index (χ4v) is 2.63. The summed E-state index contributed by atoms with van der Waals surface area (Å²) in [4.78, 5) is 0. The third-order valence-electron chi connectivity index (χ3n) is 3.06. The van der Waals surface area contributed by atoms with Crippen LogP contribution in [-0.4, -0.2) is 12.6 Å². The van der Waals surface area contributed by atoms with Crippen molar-refractivity contribution < 1.29 is 0 Å². The molecule has 1 nitrogen and oxygen atoms in total. The molecule has 0 aromatic heterocycles. The minimum absolute atomic E-state index is 0.449. The molecule has 17 heavy (non-hydrogen) atoms. The van der Waals surface area contributed by atoms with Crippen molar-refractivity contribution in [3.8, 4) is 0 Å². The van der Waals surface area contributed by atoms with Crippen LogP contribution < -0.4 is 5.32 Å². The van der Waals surface area contributed by atoms with E-state index in [9.17, 15) is 0 Å². The summed E-state index contributed by atoms with van der Waals surface area (Å²) in [6, 6.07) is 0.661. The van der Waals surface area contributed by atoms with Crippen molar-refractivity contribution in [2.24, 2.45) is 11.3 Å². The summed E-state index contributed by atoms with van der Waals surface area (Å²) in [5.41, 5.74) is 1.75. The first-order chi connectivity index (χ1) is 7.74. The largest absolute Gasteiger partial charge is 0.314 e. The lowest BCUT2D eigenvalue weighted by Gasteiger charge is -2.27. The first-order valence-corrected chi connectivity index (χ1v) is 7.12. The van der Waals surface area contributed by atoms with Crippen LogP contribution in [0.1, 0.15) is 67.2 Å². The first kappa shape index (κ1) is 16.7. The third kappa shape index (κ3) is 10.6. The predicted molar refractivity (Wildman–Crippen MR) is 79.4 cm³/mol. The van der Waals surface area contributed by atoms with Gasteiger partial charge in [-0.05, 0) is 50.5 Å². The fraction of sp³-hybridized carbons (Fsp3) is 0.875. The molecule has 0 aliphatic heterocycles. The molecule has 1 N–H and O–H groups in total. The molecule has 0 amide bonds. The molecule has 0 rings (SSSR count). The van der Waals surface area contributed by atoms with Gasteiger partial charge >= 0.3 is 0 Å². The molecule has 2 atom stereocenters. The summed E-state index contributed by atoms with van der Waals surface area (Å²) in [6.07, 6.45) is 4.98. The smallest absolute Gasteiger partial charge is 0.00725 e. The van der Waals surface area contributed by atoms with Gasteiger partial charge in [0.05, 0.1) is 0 Å². The van der Waals surface area contributed by atoms with Crippen LogP contribution in [0.2, 0.25) is 0 Å². The van der Waals surface area contributed by atoms with Crippen LogP contribution in [0, 0.1) is 11.3 Å². The number of hydrogen-bond acceptors (Lipinski definition) is 1. The van der Waals surface area contributed by atoms with E-state index >= 15 is 0 Å². The Hall–Kier alpha value is -0.300. The molecule has 0 radical (unpaired) electrons. The molecular weight excluding hydrogens is 206 g/mol. The molecule has 0 aromatic carbocycles. The molecule has 0 heterocycles. The van der Waals surface area contributed by atoms with Gasteiger partial charge in [-0.15, -0.1) is 6.58 Å². The summed E-state index contributed by atoms with van der Waals surface area (Å²) in [5, 5.41) is 3.61. The zero-order valence-corrected chi connectivity index (χ0v) is 12.9. The highest BCUT2D eigenvalue weighted by Crippen LogP contribution is 2.27. The number of nitrogens with one attached hydrogen (secondary N) is 1. The topological polar surface area (TPSA) is 12.0 Å². The predicted octanol–water partition coefficient (Wildman–Crippen LogP) is 4.78. The lowest BCUT2D eigenvalue weighted by atomic mass is 9.82. The van der Waals surface area contributed by atoms with Crippen LogP contribution in [0.4, 0.5) is 0 Å². The number of allylic oxidation sites excluding steroid dienone is 1. The molecule has 0 aromatic rings. The zero-order chi connectivity index (χ0) is 13.5. The van der Waals surface area contributed by atoms with E-state index in [4.69, 9.17) is 0 Å². The van der Waals surface area contributed by atoms with Crippen LogP contribution in [0.25, 0.3) is 0 Å². The lowest BCUT2D eigenvalue weighted by molar-refractivity contribution is 0.271. The number of hydrogen-bond donors (Lipinski definition) is 1. The van der Waals surface area contributed by atoms with E-state index in [1.54, 1.807) is 0 Å². The maximum absolute atomic E-state index is 4.00. The minimum atomic E-state index is 0.449. The highest BCUT2D eigenvalue weighted by molar-refractivity contribution is 4.89. The van der Waals surface area contributed by atoms with Crippen molar-refractivity contribution >= 4 is 0 Å². The summed E-state index contributed by atoms with van der Waals surface area (Å²) in [5.74, 6) is 0.796.